The number of benzene rings is 1. The second-order valence-electron chi connectivity index (χ2n) is 3.61. The molecular weight excluding hydrogens is 206 g/mol. The van der Waals surface area contributed by atoms with Crippen molar-refractivity contribution in [2.24, 2.45) is 0 Å². The molecule has 0 unspecified atom stereocenters. The lowest BCUT2D eigenvalue weighted by molar-refractivity contribution is 0.0685. The Morgan fingerprint density at radius 2 is 2.00 bits per heavy atom. The third-order valence-corrected chi connectivity index (χ3v) is 2.52. The molecule has 0 saturated carbocycles. The van der Waals surface area contributed by atoms with Crippen LogP contribution < -0.4 is 0 Å². The van der Waals surface area contributed by atoms with Crippen molar-refractivity contribution in [3.05, 3.63) is 41.1 Å². The van der Waals surface area contributed by atoms with Gasteiger partial charge in [-0.1, -0.05) is 29.4 Å². The predicted octanol–water partition coefficient (Wildman–Crippen LogP) is 2.66. The molecule has 1 aromatic carbocycles. The molecule has 2 aromatic rings. The highest BCUT2D eigenvalue weighted by Crippen LogP contribution is 2.28. The molecule has 2 rings (SSSR count). The summed E-state index contributed by atoms with van der Waals surface area (Å²) in [6.07, 6.45) is 0. The largest absolute Gasteiger partial charge is 0.476 e. The molecule has 0 radical (unpaired) electrons. The van der Waals surface area contributed by atoms with Crippen LogP contribution in [0, 0.1) is 13.8 Å². The van der Waals surface area contributed by atoms with Crippen LogP contribution in [0.25, 0.3) is 11.3 Å². The van der Waals surface area contributed by atoms with Gasteiger partial charge in [0, 0.05) is 11.1 Å². The summed E-state index contributed by atoms with van der Waals surface area (Å²) in [6.45, 7) is 3.64. The monoisotopic (exact) mass is 217 g/mol. The first-order valence-corrected chi connectivity index (χ1v) is 4.87. The van der Waals surface area contributed by atoms with Crippen LogP contribution in [0.3, 0.4) is 0 Å². The minimum absolute atomic E-state index is 0.0294. The van der Waals surface area contributed by atoms with Crippen molar-refractivity contribution in [2.75, 3.05) is 0 Å². The van der Waals surface area contributed by atoms with E-state index in [0.29, 0.717) is 11.3 Å². The highest BCUT2D eigenvalue weighted by molar-refractivity contribution is 5.89. The maximum atomic E-state index is 10.8. The fraction of sp³-hybridized carbons (Fsp3) is 0.167. The molecule has 0 bridgehead atoms. The number of aromatic carboxylic acids is 1. The molecule has 0 amide bonds. The summed E-state index contributed by atoms with van der Waals surface area (Å²) in [5, 5.41) is 12.4. The number of aryl methyl sites for hydroxylation is 1. The summed E-state index contributed by atoms with van der Waals surface area (Å²) in [4.78, 5) is 10.8. The smallest absolute Gasteiger partial charge is 0.358 e. The summed E-state index contributed by atoms with van der Waals surface area (Å²) in [5.74, 6) is -0.545. The summed E-state index contributed by atoms with van der Waals surface area (Å²) in [5.41, 5.74) is 2.43. The lowest BCUT2D eigenvalue weighted by Gasteiger charge is -2.01. The number of aromatic nitrogens is 1. The lowest BCUT2D eigenvalue weighted by Crippen LogP contribution is -1.98. The van der Waals surface area contributed by atoms with Crippen molar-refractivity contribution in [1.82, 2.24) is 5.16 Å². The van der Waals surface area contributed by atoms with Crippen LogP contribution in [0.1, 0.15) is 21.6 Å². The van der Waals surface area contributed by atoms with Crippen LogP contribution in [0.5, 0.6) is 0 Å². The van der Waals surface area contributed by atoms with E-state index in [4.69, 9.17) is 9.63 Å². The Labute approximate surface area is 92.5 Å². The van der Waals surface area contributed by atoms with Crippen molar-refractivity contribution in [2.45, 2.75) is 13.8 Å². The number of carboxylic acids is 1. The van der Waals surface area contributed by atoms with Crippen molar-refractivity contribution in [3.63, 3.8) is 0 Å². The van der Waals surface area contributed by atoms with Gasteiger partial charge in [-0.05, 0) is 19.4 Å². The molecule has 0 fully saturated rings. The molecule has 1 aromatic heterocycles. The van der Waals surface area contributed by atoms with Crippen LogP contribution in [0.4, 0.5) is 0 Å². The van der Waals surface area contributed by atoms with E-state index in [2.05, 4.69) is 5.16 Å². The third kappa shape index (κ3) is 1.58. The molecule has 0 aliphatic heterocycles. The number of carbonyl (C=O) groups is 1. The maximum Gasteiger partial charge on any atom is 0.358 e. The minimum atomic E-state index is -1.07. The summed E-state index contributed by atoms with van der Waals surface area (Å²) >= 11 is 0. The summed E-state index contributed by atoms with van der Waals surface area (Å²) in [7, 11) is 0. The molecule has 0 aliphatic carbocycles. The summed E-state index contributed by atoms with van der Waals surface area (Å²) in [6, 6.07) is 7.62. The Balaban J connectivity index is 2.58. The normalized spacial score (nSPS) is 10.4. The zero-order chi connectivity index (χ0) is 11.7. The number of hydrogen-bond acceptors (Lipinski definition) is 3. The van der Waals surface area contributed by atoms with Crippen molar-refractivity contribution in [1.29, 1.82) is 0 Å². The third-order valence-electron chi connectivity index (χ3n) is 2.52. The van der Waals surface area contributed by atoms with Crippen molar-refractivity contribution >= 4 is 5.97 Å². The standard InChI is InChI=1S/C12H11NO3/c1-7-5-3-4-6-9(7)11-8(2)10(12(14)15)13-16-11/h3-6H,1-2H3,(H,14,15). The van der Waals surface area contributed by atoms with Gasteiger partial charge in [0.15, 0.2) is 11.5 Å². The molecule has 1 N–H and O–H groups in total. The van der Waals surface area contributed by atoms with Crippen LogP contribution in [-0.2, 0) is 0 Å². The fourth-order valence-corrected chi connectivity index (χ4v) is 1.61. The van der Waals surface area contributed by atoms with Gasteiger partial charge in [-0.15, -0.1) is 0 Å². The van der Waals surface area contributed by atoms with Gasteiger partial charge < -0.3 is 9.63 Å². The van der Waals surface area contributed by atoms with E-state index in [1.54, 1.807) is 6.92 Å². The second-order valence-corrected chi connectivity index (χ2v) is 3.61. The number of nitrogens with zero attached hydrogens (tertiary/aromatic N) is 1. The molecule has 1 heterocycles. The minimum Gasteiger partial charge on any atom is -0.476 e. The van der Waals surface area contributed by atoms with E-state index in [-0.39, 0.29) is 5.69 Å². The average molecular weight is 217 g/mol. The van der Waals surface area contributed by atoms with Gasteiger partial charge in [-0.25, -0.2) is 4.79 Å². The van der Waals surface area contributed by atoms with Crippen LogP contribution >= 0.6 is 0 Å². The molecule has 16 heavy (non-hydrogen) atoms. The molecule has 0 saturated heterocycles. The van der Waals surface area contributed by atoms with E-state index >= 15 is 0 Å². The molecule has 82 valence electrons. The lowest BCUT2D eigenvalue weighted by atomic mass is 10.0. The number of carboxylic acid groups (broad SMARTS) is 1. The quantitative estimate of drug-likeness (QED) is 0.839. The van der Waals surface area contributed by atoms with Gasteiger partial charge in [0.1, 0.15) is 0 Å². The molecule has 4 nitrogen and oxygen atoms in total. The Kier molecular flexibility index (Phi) is 2.48. The van der Waals surface area contributed by atoms with Gasteiger partial charge in [0.05, 0.1) is 0 Å². The van der Waals surface area contributed by atoms with Gasteiger partial charge in [-0.3, -0.25) is 0 Å². The van der Waals surface area contributed by atoms with E-state index in [1.165, 1.54) is 0 Å². The zero-order valence-corrected chi connectivity index (χ0v) is 9.02. The first kappa shape index (κ1) is 10.4. The Morgan fingerprint density at radius 3 is 2.56 bits per heavy atom. The SMILES string of the molecule is Cc1ccccc1-c1onc(C(=O)O)c1C. The zero-order valence-electron chi connectivity index (χ0n) is 9.02. The molecular formula is C12H11NO3. The fourth-order valence-electron chi connectivity index (χ4n) is 1.61. The van der Waals surface area contributed by atoms with Crippen molar-refractivity contribution < 1.29 is 14.4 Å². The van der Waals surface area contributed by atoms with Crippen LogP contribution in [0.15, 0.2) is 28.8 Å². The van der Waals surface area contributed by atoms with Gasteiger partial charge in [0.25, 0.3) is 0 Å². The van der Waals surface area contributed by atoms with Gasteiger partial charge in [-0.2, -0.15) is 0 Å². The predicted molar refractivity (Wildman–Crippen MR) is 58.4 cm³/mol. The Hall–Kier alpha value is -2.10. The Morgan fingerprint density at radius 1 is 1.31 bits per heavy atom. The first-order chi connectivity index (χ1) is 7.61. The molecule has 4 heteroatoms. The second kappa shape index (κ2) is 3.81. The average Bonchev–Trinajstić information content (AvgIpc) is 2.61. The van der Waals surface area contributed by atoms with Crippen molar-refractivity contribution in [3.8, 4) is 11.3 Å². The highest BCUT2D eigenvalue weighted by Gasteiger charge is 2.19. The molecule has 0 spiro atoms. The topological polar surface area (TPSA) is 63.3 Å². The highest BCUT2D eigenvalue weighted by atomic mass is 16.5. The Bertz CT molecular complexity index is 543. The summed E-state index contributed by atoms with van der Waals surface area (Å²) < 4.78 is 5.09. The number of rotatable bonds is 2. The van der Waals surface area contributed by atoms with Crippen LogP contribution in [0.2, 0.25) is 0 Å². The van der Waals surface area contributed by atoms with E-state index in [0.717, 1.165) is 11.1 Å². The van der Waals surface area contributed by atoms with Crippen LogP contribution in [-0.4, -0.2) is 16.2 Å². The van der Waals surface area contributed by atoms with E-state index in [9.17, 15) is 4.79 Å². The van der Waals surface area contributed by atoms with Gasteiger partial charge >= 0.3 is 5.97 Å². The van der Waals surface area contributed by atoms with Gasteiger partial charge in [0.2, 0.25) is 0 Å². The van der Waals surface area contributed by atoms with E-state index < -0.39 is 5.97 Å². The molecule has 0 atom stereocenters. The molecule has 0 aliphatic rings. The maximum absolute atomic E-state index is 10.8. The number of hydrogen-bond donors (Lipinski definition) is 1. The first-order valence-electron chi connectivity index (χ1n) is 4.87. The van der Waals surface area contributed by atoms with E-state index in [1.807, 2.05) is 31.2 Å².